The van der Waals surface area contributed by atoms with E-state index in [-0.39, 0.29) is 23.5 Å². The third-order valence-corrected chi connectivity index (χ3v) is 7.29. The molecule has 1 saturated heterocycles. The predicted molar refractivity (Wildman–Crippen MR) is 131 cm³/mol. The number of carbonyl (C=O) groups is 3. The van der Waals surface area contributed by atoms with Gasteiger partial charge in [0.2, 0.25) is 5.91 Å². The van der Waals surface area contributed by atoms with Crippen LogP contribution in [0.15, 0.2) is 23.2 Å². The molecule has 1 aliphatic heterocycles. The number of aromatic nitrogens is 1. The molecule has 1 fully saturated rings. The predicted octanol–water partition coefficient (Wildman–Crippen LogP) is 3.09. The number of nitrogens with zero attached hydrogens (tertiary/aromatic N) is 3. The largest absolute Gasteiger partial charge is 0.462 e. The first-order valence-electron chi connectivity index (χ1n) is 11.3. The van der Waals surface area contributed by atoms with Crippen LogP contribution in [0.2, 0.25) is 0 Å². The van der Waals surface area contributed by atoms with Gasteiger partial charge in [0.1, 0.15) is 0 Å². The monoisotopic (exact) mass is 493 g/mol. The van der Waals surface area contributed by atoms with Crippen LogP contribution in [-0.2, 0) is 25.6 Å². The Labute approximate surface area is 202 Å². The summed E-state index contributed by atoms with van der Waals surface area (Å²) in [5.74, 6) is -0.131. The normalized spacial score (nSPS) is 15.0. The second-order valence-corrected chi connectivity index (χ2v) is 9.72. The molecule has 3 rings (SSSR count). The molecule has 0 spiro atoms. The summed E-state index contributed by atoms with van der Waals surface area (Å²) in [6, 6.07) is 5.32. The maximum atomic E-state index is 12.6. The van der Waals surface area contributed by atoms with Crippen molar-refractivity contribution in [2.45, 2.75) is 39.2 Å². The average Bonchev–Trinajstić information content (AvgIpc) is 2.95. The van der Waals surface area contributed by atoms with Crippen LogP contribution in [0, 0.1) is 0 Å². The van der Waals surface area contributed by atoms with Gasteiger partial charge in [-0.05, 0) is 38.0 Å². The molecule has 10 heteroatoms. The number of fused-ring (bicyclic) bond motifs is 1. The standard InChI is InChI=1S/C23H31N3O5S2/c1-3-31-22(29)17-8-9-18-19(14-17)33-23(26(18)12-13-30-2)24-20(27)15-32-16-21(28)25-10-6-4-5-7-11-25/h8-9,14H,3-7,10-13,15-16H2,1-2H3. The van der Waals surface area contributed by atoms with Gasteiger partial charge < -0.3 is 18.9 Å². The first-order valence-corrected chi connectivity index (χ1v) is 13.2. The molecule has 33 heavy (non-hydrogen) atoms. The van der Waals surface area contributed by atoms with Crippen LogP contribution >= 0.6 is 23.1 Å². The number of rotatable bonds is 9. The number of ether oxygens (including phenoxy) is 2. The Morgan fingerprint density at radius 2 is 1.88 bits per heavy atom. The molecule has 180 valence electrons. The van der Waals surface area contributed by atoms with E-state index in [9.17, 15) is 14.4 Å². The Bertz CT molecular complexity index is 1040. The van der Waals surface area contributed by atoms with E-state index in [1.165, 1.54) is 35.9 Å². The summed E-state index contributed by atoms with van der Waals surface area (Å²) in [4.78, 5) is 43.8. The lowest BCUT2D eigenvalue weighted by atomic mass is 10.2. The Balaban J connectivity index is 1.71. The highest BCUT2D eigenvalue weighted by atomic mass is 32.2. The number of hydrogen-bond acceptors (Lipinski definition) is 7. The molecule has 2 aromatic rings. The summed E-state index contributed by atoms with van der Waals surface area (Å²) in [6.07, 6.45) is 4.45. The molecule has 2 heterocycles. The Morgan fingerprint density at radius 1 is 1.12 bits per heavy atom. The van der Waals surface area contributed by atoms with Crippen LogP contribution < -0.4 is 4.80 Å². The highest BCUT2D eigenvalue weighted by Crippen LogP contribution is 2.20. The molecule has 0 bridgehead atoms. The van der Waals surface area contributed by atoms with Gasteiger partial charge in [-0.2, -0.15) is 4.99 Å². The van der Waals surface area contributed by atoms with Crippen molar-refractivity contribution in [1.82, 2.24) is 9.47 Å². The molecule has 1 aliphatic rings. The zero-order valence-corrected chi connectivity index (χ0v) is 20.8. The first-order chi connectivity index (χ1) is 16.0. The van der Waals surface area contributed by atoms with Gasteiger partial charge in [-0.25, -0.2) is 4.79 Å². The van der Waals surface area contributed by atoms with Gasteiger partial charge in [-0.15, -0.1) is 11.8 Å². The van der Waals surface area contributed by atoms with Gasteiger partial charge in [0.15, 0.2) is 4.80 Å². The number of thioether (sulfide) groups is 1. The van der Waals surface area contributed by atoms with Gasteiger partial charge in [0.25, 0.3) is 5.91 Å². The molecule has 0 saturated carbocycles. The molecule has 0 unspecified atom stereocenters. The van der Waals surface area contributed by atoms with Crippen molar-refractivity contribution >= 4 is 51.1 Å². The third kappa shape index (κ3) is 7.15. The van der Waals surface area contributed by atoms with Gasteiger partial charge >= 0.3 is 5.97 Å². The second-order valence-electron chi connectivity index (χ2n) is 7.73. The van der Waals surface area contributed by atoms with Crippen LogP contribution in [0.5, 0.6) is 0 Å². The van der Waals surface area contributed by atoms with Crippen molar-refractivity contribution in [1.29, 1.82) is 0 Å². The summed E-state index contributed by atoms with van der Waals surface area (Å²) in [7, 11) is 1.62. The van der Waals surface area contributed by atoms with Crippen molar-refractivity contribution in [3.8, 4) is 0 Å². The van der Waals surface area contributed by atoms with Gasteiger partial charge in [-0.1, -0.05) is 24.2 Å². The van der Waals surface area contributed by atoms with Gasteiger partial charge in [0, 0.05) is 26.7 Å². The Morgan fingerprint density at radius 3 is 2.58 bits per heavy atom. The van der Waals surface area contributed by atoms with Crippen molar-refractivity contribution in [2.24, 2.45) is 4.99 Å². The second kappa shape index (κ2) is 12.9. The number of likely N-dealkylation sites (tertiary alicyclic amines) is 1. The summed E-state index contributed by atoms with van der Waals surface area (Å²) < 4.78 is 13.1. The van der Waals surface area contributed by atoms with E-state index in [1.54, 1.807) is 26.2 Å². The molecule has 0 N–H and O–H groups in total. The van der Waals surface area contributed by atoms with E-state index < -0.39 is 0 Å². The minimum absolute atomic E-state index is 0.0956. The fraction of sp³-hybridized carbons (Fsp3) is 0.565. The number of methoxy groups -OCH3 is 1. The first kappa shape index (κ1) is 25.5. The maximum absolute atomic E-state index is 12.6. The van der Waals surface area contributed by atoms with Gasteiger partial charge in [0.05, 0.1) is 40.5 Å². The van der Waals surface area contributed by atoms with Crippen LogP contribution in [0.3, 0.4) is 0 Å². The number of thiazole rings is 1. The van der Waals surface area contributed by atoms with Crippen molar-refractivity contribution < 1.29 is 23.9 Å². The Kier molecular flexibility index (Phi) is 9.95. The number of amides is 2. The topological polar surface area (TPSA) is 90.2 Å². The minimum atomic E-state index is -0.378. The van der Waals surface area contributed by atoms with Crippen molar-refractivity contribution in [3.05, 3.63) is 28.6 Å². The summed E-state index contributed by atoms with van der Waals surface area (Å²) >= 11 is 2.65. The van der Waals surface area contributed by atoms with Crippen LogP contribution in [0.25, 0.3) is 10.2 Å². The fourth-order valence-corrected chi connectivity index (χ4v) is 5.49. The summed E-state index contributed by atoms with van der Waals surface area (Å²) in [5, 5.41) is 0. The van der Waals surface area contributed by atoms with Gasteiger partial charge in [-0.3, -0.25) is 9.59 Å². The zero-order chi connectivity index (χ0) is 23.6. The van der Waals surface area contributed by atoms with E-state index in [1.807, 2.05) is 15.5 Å². The molecule has 0 atom stereocenters. The number of hydrogen-bond donors (Lipinski definition) is 0. The number of carbonyl (C=O) groups excluding carboxylic acids is 3. The Hall–Kier alpha value is -2.17. The smallest absolute Gasteiger partial charge is 0.338 e. The van der Waals surface area contributed by atoms with E-state index in [0.29, 0.717) is 35.9 Å². The average molecular weight is 494 g/mol. The third-order valence-electron chi connectivity index (χ3n) is 5.34. The molecule has 1 aromatic carbocycles. The lowest BCUT2D eigenvalue weighted by Crippen LogP contribution is -2.33. The molecular formula is C23H31N3O5S2. The summed E-state index contributed by atoms with van der Waals surface area (Å²) in [5.41, 5.74) is 1.34. The van der Waals surface area contributed by atoms with E-state index in [2.05, 4.69) is 4.99 Å². The molecule has 2 amide bonds. The fourth-order valence-electron chi connectivity index (χ4n) is 3.67. The lowest BCUT2D eigenvalue weighted by molar-refractivity contribution is -0.128. The molecule has 8 nitrogen and oxygen atoms in total. The zero-order valence-electron chi connectivity index (χ0n) is 19.2. The number of benzene rings is 1. The SMILES string of the molecule is CCOC(=O)c1ccc2c(c1)sc(=NC(=O)CSCC(=O)N1CCCCCC1)n2CCOC. The van der Waals surface area contributed by atoms with E-state index in [4.69, 9.17) is 9.47 Å². The maximum Gasteiger partial charge on any atom is 0.338 e. The molecule has 1 aromatic heterocycles. The van der Waals surface area contributed by atoms with Crippen LogP contribution in [0.1, 0.15) is 43.0 Å². The van der Waals surface area contributed by atoms with E-state index in [0.717, 1.165) is 36.1 Å². The lowest BCUT2D eigenvalue weighted by Gasteiger charge is -2.19. The molecule has 0 radical (unpaired) electrons. The highest BCUT2D eigenvalue weighted by Gasteiger charge is 2.16. The highest BCUT2D eigenvalue weighted by molar-refractivity contribution is 8.00. The van der Waals surface area contributed by atoms with Crippen LogP contribution in [0.4, 0.5) is 0 Å². The molecular weight excluding hydrogens is 462 g/mol. The van der Waals surface area contributed by atoms with Crippen molar-refractivity contribution in [2.75, 3.05) is 44.9 Å². The van der Waals surface area contributed by atoms with Crippen LogP contribution in [-0.4, -0.2) is 72.2 Å². The number of esters is 1. The minimum Gasteiger partial charge on any atom is -0.462 e. The van der Waals surface area contributed by atoms with E-state index >= 15 is 0 Å². The molecule has 0 aliphatic carbocycles. The van der Waals surface area contributed by atoms with Crippen molar-refractivity contribution in [3.63, 3.8) is 0 Å². The quantitative estimate of drug-likeness (QED) is 0.499. The summed E-state index contributed by atoms with van der Waals surface area (Å²) in [6.45, 7) is 4.69.